The summed E-state index contributed by atoms with van der Waals surface area (Å²) >= 11 is -2.00. The average Bonchev–Trinajstić information content (AvgIpc) is 2.19. The number of pyridine rings is 1. The fourth-order valence-electron chi connectivity index (χ4n) is 1.02. The second-order valence-electron chi connectivity index (χ2n) is 2.28. The quantitative estimate of drug-likeness (QED) is 0.623. The molecular formula is C9H7NO2Ti. The summed E-state index contributed by atoms with van der Waals surface area (Å²) in [6.45, 7) is 0. The van der Waals surface area contributed by atoms with Crippen LogP contribution < -0.4 is 0 Å². The molecule has 0 aliphatic heterocycles. The number of hydrogen-bond acceptors (Lipinski definition) is 3. The summed E-state index contributed by atoms with van der Waals surface area (Å²) in [5.41, 5.74) is 1.06. The van der Waals surface area contributed by atoms with Gasteiger partial charge in [-0.1, -0.05) is 24.3 Å². The SMILES string of the molecule is [O]=[Ti]=[O].c1ccc2ncccc2c1. The Kier molecular flexibility index (Phi) is 4.29. The van der Waals surface area contributed by atoms with Crippen LogP contribution in [0.15, 0.2) is 42.6 Å². The maximum absolute atomic E-state index is 8.50. The molecule has 1 aromatic carbocycles. The van der Waals surface area contributed by atoms with Crippen LogP contribution >= 0.6 is 0 Å². The van der Waals surface area contributed by atoms with Crippen molar-refractivity contribution >= 4 is 10.9 Å². The molecule has 3 nitrogen and oxygen atoms in total. The van der Waals surface area contributed by atoms with E-state index < -0.39 is 19.1 Å². The Morgan fingerprint density at radius 3 is 2.31 bits per heavy atom. The molecule has 0 amide bonds. The molecule has 1 aromatic heterocycles. The first-order valence-electron chi connectivity index (χ1n) is 3.67. The van der Waals surface area contributed by atoms with Gasteiger partial charge in [0.05, 0.1) is 5.52 Å². The number of benzene rings is 1. The number of hydrogen-bond donors (Lipinski definition) is 0. The maximum atomic E-state index is 8.50. The van der Waals surface area contributed by atoms with E-state index in [1.165, 1.54) is 5.39 Å². The zero-order chi connectivity index (χ0) is 9.52. The number of para-hydroxylation sites is 1. The molecule has 13 heavy (non-hydrogen) atoms. The van der Waals surface area contributed by atoms with Crippen LogP contribution in [-0.2, 0) is 25.7 Å². The second kappa shape index (κ2) is 5.57. The van der Waals surface area contributed by atoms with E-state index in [-0.39, 0.29) is 0 Å². The van der Waals surface area contributed by atoms with Crippen molar-refractivity contribution in [2.45, 2.75) is 0 Å². The average molecular weight is 209 g/mol. The first-order chi connectivity index (χ1) is 6.38. The molecule has 64 valence electrons. The van der Waals surface area contributed by atoms with Gasteiger partial charge in [-0.25, -0.2) is 0 Å². The molecule has 0 spiro atoms. The zero-order valence-electron chi connectivity index (χ0n) is 6.81. The summed E-state index contributed by atoms with van der Waals surface area (Å²) in [6.07, 6.45) is 1.81. The molecule has 0 unspecified atom stereocenters. The second-order valence-corrected chi connectivity index (χ2v) is 2.54. The standard InChI is InChI=1S/C9H7N.2O.Ti/c1-2-6-9-8(4-1)5-3-7-10-9;;;/h1-7H;;;. The Hall–Kier alpha value is -1.06. The smallest absolute Gasteiger partial charge is 0.0701 e. The molecule has 0 aliphatic carbocycles. The molecule has 0 aliphatic rings. The topological polar surface area (TPSA) is 47.0 Å². The molecule has 1 heterocycles. The van der Waals surface area contributed by atoms with Crippen LogP contribution in [0.1, 0.15) is 0 Å². The van der Waals surface area contributed by atoms with E-state index in [2.05, 4.69) is 17.1 Å². The van der Waals surface area contributed by atoms with Gasteiger partial charge in [0.25, 0.3) is 0 Å². The minimum Gasteiger partial charge on any atom is -0.256 e. The number of rotatable bonds is 0. The molecule has 2 rings (SSSR count). The largest absolute Gasteiger partial charge is 0.256 e. The van der Waals surface area contributed by atoms with Crippen LogP contribution in [-0.4, -0.2) is 4.98 Å². The summed E-state index contributed by atoms with van der Waals surface area (Å²) in [5, 5.41) is 1.20. The van der Waals surface area contributed by atoms with Crippen molar-refractivity contribution in [3.05, 3.63) is 42.6 Å². The monoisotopic (exact) mass is 209 g/mol. The number of aromatic nitrogens is 1. The summed E-state index contributed by atoms with van der Waals surface area (Å²) in [5.74, 6) is 0. The van der Waals surface area contributed by atoms with Gasteiger partial charge in [-0.2, -0.15) is 0 Å². The van der Waals surface area contributed by atoms with Crippen molar-refractivity contribution in [1.29, 1.82) is 0 Å². The first kappa shape index (κ1) is 10.0. The Morgan fingerprint density at radius 1 is 1.00 bits per heavy atom. The molecule has 0 bridgehead atoms. The van der Waals surface area contributed by atoms with Crippen LogP contribution in [0.25, 0.3) is 10.9 Å². The molecule has 4 heteroatoms. The molecule has 0 saturated heterocycles. The maximum Gasteiger partial charge on any atom is 0.0701 e. The van der Waals surface area contributed by atoms with E-state index in [1.54, 1.807) is 0 Å². The van der Waals surface area contributed by atoms with Crippen molar-refractivity contribution in [3.63, 3.8) is 0 Å². The van der Waals surface area contributed by atoms with Crippen LogP contribution in [0.2, 0.25) is 0 Å². The van der Waals surface area contributed by atoms with Gasteiger partial charge >= 0.3 is 25.7 Å². The molecule has 0 N–H and O–H groups in total. The number of fused-ring (bicyclic) bond motifs is 1. The van der Waals surface area contributed by atoms with Gasteiger partial charge < -0.3 is 0 Å². The normalized spacial score (nSPS) is 8.31. The van der Waals surface area contributed by atoms with Crippen LogP contribution in [0, 0.1) is 0 Å². The molecular weight excluding hydrogens is 202 g/mol. The molecule has 0 atom stereocenters. The zero-order valence-corrected chi connectivity index (χ0v) is 8.37. The fourth-order valence-corrected chi connectivity index (χ4v) is 1.02. The van der Waals surface area contributed by atoms with Crippen molar-refractivity contribution in [2.75, 3.05) is 0 Å². The first-order valence-corrected chi connectivity index (χ1v) is 4.95. The predicted octanol–water partition coefficient (Wildman–Crippen LogP) is 1.99. The predicted molar refractivity (Wildman–Crippen MR) is 43.1 cm³/mol. The van der Waals surface area contributed by atoms with Gasteiger partial charge in [0, 0.05) is 11.6 Å². The van der Waals surface area contributed by atoms with E-state index in [1.807, 2.05) is 30.5 Å². The van der Waals surface area contributed by atoms with Crippen molar-refractivity contribution < 1.29 is 25.7 Å². The Labute approximate surface area is 84.4 Å². The van der Waals surface area contributed by atoms with Gasteiger partial charge in [0.1, 0.15) is 0 Å². The molecule has 0 radical (unpaired) electrons. The van der Waals surface area contributed by atoms with Gasteiger partial charge in [-0.05, 0) is 12.1 Å². The summed E-state index contributed by atoms with van der Waals surface area (Å²) in [4.78, 5) is 4.18. The van der Waals surface area contributed by atoms with Crippen molar-refractivity contribution in [2.24, 2.45) is 0 Å². The summed E-state index contributed by atoms with van der Waals surface area (Å²) in [7, 11) is 0. The van der Waals surface area contributed by atoms with E-state index in [0.29, 0.717) is 0 Å². The van der Waals surface area contributed by atoms with Gasteiger partial charge in [0.2, 0.25) is 0 Å². The van der Waals surface area contributed by atoms with E-state index in [4.69, 9.17) is 6.65 Å². The third kappa shape index (κ3) is 3.05. The van der Waals surface area contributed by atoms with Crippen LogP contribution in [0.3, 0.4) is 0 Å². The Balaban J connectivity index is 0.000000251. The number of nitrogens with zero attached hydrogens (tertiary/aromatic N) is 1. The van der Waals surface area contributed by atoms with Crippen LogP contribution in [0.4, 0.5) is 0 Å². The van der Waals surface area contributed by atoms with E-state index >= 15 is 0 Å². The summed E-state index contributed by atoms with van der Waals surface area (Å²) in [6, 6.07) is 12.1. The fraction of sp³-hybridized carbons (Fsp3) is 0. The Bertz CT molecular complexity index is 359. The minimum atomic E-state index is -2.00. The minimum absolute atomic E-state index is 1.06. The van der Waals surface area contributed by atoms with Gasteiger partial charge in [-0.15, -0.1) is 0 Å². The van der Waals surface area contributed by atoms with Crippen LogP contribution in [0.5, 0.6) is 0 Å². The molecule has 0 saturated carbocycles. The molecule has 2 aromatic rings. The third-order valence-electron chi connectivity index (χ3n) is 1.51. The van der Waals surface area contributed by atoms with Crippen molar-refractivity contribution in [1.82, 2.24) is 4.98 Å². The van der Waals surface area contributed by atoms with E-state index in [0.717, 1.165) is 5.52 Å². The molecule has 0 fully saturated rings. The van der Waals surface area contributed by atoms with E-state index in [9.17, 15) is 0 Å². The Morgan fingerprint density at radius 2 is 1.62 bits per heavy atom. The third-order valence-corrected chi connectivity index (χ3v) is 1.51. The summed E-state index contributed by atoms with van der Waals surface area (Å²) < 4.78 is 17.0. The van der Waals surface area contributed by atoms with Gasteiger partial charge in [0.15, 0.2) is 0 Å². The van der Waals surface area contributed by atoms with Gasteiger partial charge in [-0.3, -0.25) is 4.98 Å². The van der Waals surface area contributed by atoms with Crippen molar-refractivity contribution in [3.8, 4) is 0 Å².